The number of imidazole rings is 1. The number of nitrogens with zero attached hydrogens (tertiary/aromatic N) is 4. The van der Waals surface area contributed by atoms with Gasteiger partial charge in [0.25, 0.3) is 5.69 Å². The largest absolute Gasteiger partial charge is 0.496 e. The third-order valence-corrected chi connectivity index (χ3v) is 4.81. The Kier molecular flexibility index (Phi) is 4.82. The highest BCUT2D eigenvalue weighted by Crippen LogP contribution is 2.36. The molecule has 0 spiro atoms. The number of para-hydroxylation sites is 1. The zero-order chi connectivity index (χ0) is 20.4. The van der Waals surface area contributed by atoms with Crippen LogP contribution >= 0.6 is 0 Å². The molecule has 8 nitrogen and oxygen atoms in total. The van der Waals surface area contributed by atoms with Gasteiger partial charge in [-0.2, -0.15) is 0 Å². The Balaban J connectivity index is 1.87. The average molecular weight is 389 g/mol. The lowest BCUT2D eigenvalue weighted by atomic mass is 10.0. The number of benzene rings is 2. The van der Waals surface area contributed by atoms with Gasteiger partial charge in [0.1, 0.15) is 23.1 Å². The predicted molar refractivity (Wildman–Crippen MR) is 110 cm³/mol. The first-order valence-corrected chi connectivity index (χ1v) is 8.99. The molecule has 146 valence electrons. The fourth-order valence-electron chi connectivity index (χ4n) is 3.43. The first-order chi connectivity index (χ1) is 14.1. The number of hydrogen-bond acceptors (Lipinski definition) is 6. The SMILES string of the molecule is COc1ccccc1C(Nc1ccc([N+](=O)[O-])c2cccnc12)c1nccn1C. The summed E-state index contributed by atoms with van der Waals surface area (Å²) in [4.78, 5) is 19.9. The van der Waals surface area contributed by atoms with E-state index in [1.807, 2.05) is 42.1 Å². The van der Waals surface area contributed by atoms with E-state index in [0.29, 0.717) is 22.3 Å². The molecule has 0 aliphatic heterocycles. The summed E-state index contributed by atoms with van der Waals surface area (Å²) in [5.41, 5.74) is 2.11. The monoisotopic (exact) mass is 389 g/mol. The van der Waals surface area contributed by atoms with E-state index in [-0.39, 0.29) is 11.7 Å². The second-order valence-corrected chi connectivity index (χ2v) is 6.50. The number of fused-ring (bicyclic) bond motifs is 1. The molecule has 1 unspecified atom stereocenters. The quantitative estimate of drug-likeness (QED) is 0.394. The van der Waals surface area contributed by atoms with Gasteiger partial charge in [-0.25, -0.2) is 4.98 Å². The van der Waals surface area contributed by atoms with Crippen LogP contribution in [0.15, 0.2) is 67.1 Å². The fourth-order valence-corrected chi connectivity index (χ4v) is 3.43. The smallest absolute Gasteiger partial charge is 0.278 e. The van der Waals surface area contributed by atoms with Crippen LogP contribution < -0.4 is 10.1 Å². The fraction of sp³-hybridized carbons (Fsp3) is 0.143. The summed E-state index contributed by atoms with van der Waals surface area (Å²) in [5.74, 6) is 1.49. The molecule has 0 amide bonds. The molecule has 2 aromatic carbocycles. The van der Waals surface area contributed by atoms with Crippen LogP contribution in [0.1, 0.15) is 17.4 Å². The van der Waals surface area contributed by atoms with Crippen molar-refractivity contribution in [2.24, 2.45) is 7.05 Å². The number of ether oxygens (including phenoxy) is 1. The van der Waals surface area contributed by atoms with Gasteiger partial charge in [0.15, 0.2) is 0 Å². The summed E-state index contributed by atoms with van der Waals surface area (Å²) in [6.45, 7) is 0. The number of nitro groups is 1. The minimum absolute atomic E-state index is 0.0180. The van der Waals surface area contributed by atoms with Crippen LogP contribution in [-0.4, -0.2) is 26.6 Å². The number of methoxy groups -OCH3 is 1. The Morgan fingerprint density at radius 2 is 1.93 bits per heavy atom. The highest BCUT2D eigenvalue weighted by Gasteiger charge is 2.24. The van der Waals surface area contributed by atoms with Crippen LogP contribution in [0.25, 0.3) is 10.9 Å². The molecule has 29 heavy (non-hydrogen) atoms. The molecule has 0 radical (unpaired) electrons. The summed E-state index contributed by atoms with van der Waals surface area (Å²) in [6, 6.07) is 13.9. The van der Waals surface area contributed by atoms with Crippen LogP contribution in [-0.2, 0) is 7.05 Å². The van der Waals surface area contributed by atoms with Crippen LogP contribution in [0.3, 0.4) is 0 Å². The van der Waals surface area contributed by atoms with Crippen LogP contribution in [0.5, 0.6) is 5.75 Å². The van der Waals surface area contributed by atoms with E-state index >= 15 is 0 Å². The summed E-state index contributed by atoms with van der Waals surface area (Å²) >= 11 is 0. The molecule has 0 fully saturated rings. The van der Waals surface area contributed by atoms with Crippen LogP contribution in [0.2, 0.25) is 0 Å². The van der Waals surface area contributed by atoms with Crippen molar-refractivity contribution >= 4 is 22.3 Å². The molecule has 8 heteroatoms. The third-order valence-electron chi connectivity index (χ3n) is 4.81. The zero-order valence-corrected chi connectivity index (χ0v) is 15.9. The van der Waals surface area contributed by atoms with Crippen molar-refractivity contribution in [1.29, 1.82) is 0 Å². The van der Waals surface area contributed by atoms with E-state index < -0.39 is 4.92 Å². The Bertz CT molecular complexity index is 1190. The van der Waals surface area contributed by atoms with Gasteiger partial charge in [0, 0.05) is 37.3 Å². The van der Waals surface area contributed by atoms with E-state index in [1.165, 1.54) is 6.07 Å². The number of aryl methyl sites for hydroxylation is 1. The summed E-state index contributed by atoms with van der Waals surface area (Å²) in [5, 5.41) is 15.4. The van der Waals surface area contributed by atoms with Crippen LogP contribution in [0.4, 0.5) is 11.4 Å². The number of pyridine rings is 1. The minimum atomic E-state index is -0.399. The van der Waals surface area contributed by atoms with Crippen molar-refractivity contribution < 1.29 is 9.66 Å². The first kappa shape index (κ1) is 18.4. The zero-order valence-electron chi connectivity index (χ0n) is 15.9. The Morgan fingerprint density at radius 1 is 1.10 bits per heavy atom. The number of rotatable bonds is 6. The number of hydrogen-bond donors (Lipinski definition) is 1. The molecule has 2 aromatic heterocycles. The Morgan fingerprint density at radius 3 is 2.66 bits per heavy atom. The lowest BCUT2D eigenvalue weighted by molar-refractivity contribution is -0.383. The molecule has 2 heterocycles. The van der Waals surface area contributed by atoms with Gasteiger partial charge in [-0.3, -0.25) is 15.1 Å². The second-order valence-electron chi connectivity index (χ2n) is 6.50. The molecule has 0 saturated heterocycles. The van der Waals surface area contributed by atoms with Gasteiger partial charge < -0.3 is 14.6 Å². The number of aromatic nitrogens is 3. The molecule has 1 atom stereocenters. The molecular weight excluding hydrogens is 370 g/mol. The number of nitro benzene ring substituents is 1. The lowest BCUT2D eigenvalue weighted by Crippen LogP contribution is -2.18. The van der Waals surface area contributed by atoms with Gasteiger partial charge >= 0.3 is 0 Å². The van der Waals surface area contributed by atoms with E-state index in [0.717, 1.165) is 11.4 Å². The van der Waals surface area contributed by atoms with E-state index in [9.17, 15) is 10.1 Å². The summed E-state index contributed by atoms with van der Waals surface area (Å²) < 4.78 is 7.48. The molecule has 0 aliphatic rings. The minimum Gasteiger partial charge on any atom is -0.496 e. The van der Waals surface area contributed by atoms with Crippen molar-refractivity contribution in [2.75, 3.05) is 12.4 Å². The van der Waals surface area contributed by atoms with E-state index in [1.54, 1.807) is 37.7 Å². The summed E-state index contributed by atoms with van der Waals surface area (Å²) in [7, 11) is 3.54. The predicted octanol–water partition coefficient (Wildman–Crippen LogP) is 4.09. The maximum atomic E-state index is 11.4. The Labute approximate surface area is 166 Å². The van der Waals surface area contributed by atoms with Crippen molar-refractivity contribution in [3.8, 4) is 5.75 Å². The molecule has 0 bridgehead atoms. The number of anilines is 1. The molecular formula is C21H19N5O3. The van der Waals surface area contributed by atoms with Gasteiger partial charge in [-0.1, -0.05) is 18.2 Å². The van der Waals surface area contributed by atoms with Crippen molar-refractivity contribution in [3.05, 3.63) is 88.6 Å². The summed E-state index contributed by atoms with van der Waals surface area (Å²) in [6.07, 6.45) is 5.22. The highest BCUT2D eigenvalue weighted by atomic mass is 16.6. The van der Waals surface area contributed by atoms with Crippen molar-refractivity contribution in [2.45, 2.75) is 6.04 Å². The van der Waals surface area contributed by atoms with Crippen molar-refractivity contribution in [3.63, 3.8) is 0 Å². The normalized spacial score (nSPS) is 11.9. The average Bonchev–Trinajstić information content (AvgIpc) is 3.17. The highest BCUT2D eigenvalue weighted by molar-refractivity contribution is 5.96. The molecule has 0 saturated carbocycles. The maximum Gasteiger partial charge on any atom is 0.278 e. The number of nitrogens with one attached hydrogen (secondary N) is 1. The topological polar surface area (TPSA) is 95.1 Å². The lowest BCUT2D eigenvalue weighted by Gasteiger charge is -2.22. The molecule has 4 aromatic rings. The van der Waals surface area contributed by atoms with E-state index in [4.69, 9.17) is 4.74 Å². The first-order valence-electron chi connectivity index (χ1n) is 8.99. The van der Waals surface area contributed by atoms with Crippen molar-refractivity contribution in [1.82, 2.24) is 14.5 Å². The molecule has 1 N–H and O–H groups in total. The molecule has 0 aliphatic carbocycles. The van der Waals surface area contributed by atoms with E-state index in [2.05, 4.69) is 15.3 Å². The van der Waals surface area contributed by atoms with Gasteiger partial charge in [-0.15, -0.1) is 0 Å². The number of non-ortho nitro benzene ring substituents is 1. The van der Waals surface area contributed by atoms with Gasteiger partial charge in [0.05, 0.1) is 23.1 Å². The Hall–Kier alpha value is -3.94. The second kappa shape index (κ2) is 7.59. The van der Waals surface area contributed by atoms with Gasteiger partial charge in [-0.05, 0) is 24.3 Å². The molecule has 4 rings (SSSR count). The standard InChI is InChI=1S/C21H19N5O3/c1-25-13-12-23-21(25)20(15-6-3-4-8-18(15)29-2)24-16-9-10-17(26(27)28)14-7-5-11-22-19(14)16/h3-13,20,24H,1-2H3. The van der Waals surface area contributed by atoms with Crippen LogP contribution in [0, 0.1) is 10.1 Å². The maximum absolute atomic E-state index is 11.4. The third kappa shape index (κ3) is 3.36. The van der Waals surface area contributed by atoms with Gasteiger partial charge in [0.2, 0.25) is 0 Å².